The Morgan fingerprint density at radius 2 is 1.92 bits per heavy atom. The van der Waals surface area contributed by atoms with Crippen LogP contribution in [0.5, 0.6) is 0 Å². The first-order valence-electron chi connectivity index (χ1n) is 4.35. The molecule has 66 valence electrons. The summed E-state index contributed by atoms with van der Waals surface area (Å²) in [7, 11) is 0. The number of nitrogens with two attached hydrogens (primary N) is 1. The Bertz CT molecular complexity index is 219. The number of pyridine rings is 1. The molecular weight excluding hydrogens is 148 g/mol. The molecule has 0 aliphatic heterocycles. The summed E-state index contributed by atoms with van der Waals surface area (Å²) < 4.78 is 0. The highest BCUT2D eigenvalue weighted by molar-refractivity contribution is 5.14. The van der Waals surface area contributed by atoms with Crippen LogP contribution in [0.15, 0.2) is 24.5 Å². The van der Waals surface area contributed by atoms with E-state index in [9.17, 15) is 0 Å². The van der Waals surface area contributed by atoms with Gasteiger partial charge in [0.15, 0.2) is 0 Å². The van der Waals surface area contributed by atoms with Crippen molar-refractivity contribution in [3.63, 3.8) is 0 Å². The van der Waals surface area contributed by atoms with Crippen LogP contribution >= 0.6 is 0 Å². The minimum Gasteiger partial charge on any atom is -0.324 e. The Hall–Kier alpha value is -0.890. The van der Waals surface area contributed by atoms with Crippen molar-refractivity contribution in [2.75, 3.05) is 0 Å². The summed E-state index contributed by atoms with van der Waals surface area (Å²) in [6, 6.07) is 4.12. The molecule has 0 aromatic carbocycles. The third-order valence-corrected chi connectivity index (χ3v) is 1.86. The minimum atomic E-state index is 0.160. The molecule has 2 nitrogen and oxygen atoms in total. The summed E-state index contributed by atoms with van der Waals surface area (Å²) in [6.07, 6.45) is 4.61. The zero-order valence-electron chi connectivity index (χ0n) is 7.70. The Kier molecular flexibility index (Phi) is 3.23. The van der Waals surface area contributed by atoms with E-state index in [1.54, 1.807) is 12.4 Å². The third-order valence-electron chi connectivity index (χ3n) is 1.86. The van der Waals surface area contributed by atoms with E-state index in [1.807, 2.05) is 12.1 Å². The van der Waals surface area contributed by atoms with Crippen LogP contribution in [0.25, 0.3) is 0 Å². The van der Waals surface area contributed by atoms with Gasteiger partial charge in [-0.25, -0.2) is 0 Å². The zero-order chi connectivity index (χ0) is 8.97. The van der Waals surface area contributed by atoms with Gasteiger partial charge >= 0.3 is 0 Å². The smallest absolute Gasteiger partial charge is 0.0298 e. The lowest BCUT2D eigenvalue weighted by Crippen LogP contribution is -2.12. The van der Waals surface area contributed by atoms with Crippen LogP contribution < -0.4 is 5.73 Å². The summed E-state index contributed by atoms with van der Waals surface area (Å²) in [5, 5.41) is 0. The molecule has 2 N–H and O–H groups in total. The molecule has 0 bridgehead atoms. The van der Waals surface area contributed by atoms with E-state index in [1.165, 1.54) is 5.56 Å². The van der Waals surface area contributed by atoms with E-state index < -0.39 is 0 Å². The average molecular weight is 164 g/mol. The second-order valence-electron chi connectivity index (χ2n) is 3.52. The van der Waals surface area contributed by atoms with Gasteiger partial charge in [0, 0.05) is 18.4 Å². The van der Waals surface area contributed by atoms with Crippen molar-refractivity contribution in [1.29, 1.82) is 0 Å². The second kappa shape index (κ2) is 4.21. The van der Waals surface area contributed by atoms with Crippen LogP contribution in [0.3, 0.4) is 0 Å². The van der Waals surface area contributed by atoms with E-state index in [2.05, 4.69) is 18.8 Å². The lowest BCUT2D eigenvalue weighted by atomic mass is 9.99. The summed E-state index contributed by atoms with van der Waals surface area (Å²) in [5.74, 6) is 0.646. The van der Waals surface area contributed by atoms with Crippen molar-refractivity contribution in [3.05, 3.63) is 30.1 Å². The van der Waals surface area contributed by atoms with Gasteiger partial charge in [-0.2, -0.15) is 0 Å². The lowest BCUT2D eigenvalue weighted by Gasteiger charge is -2.13. The van der Waals surface area contributed by atoms with E-state index >= 15 is 0 Å². The Balaban J connectivity index is 2.59. The molecule has 0 unspecified atom stereocenters. The van der Waals surface area contributed by atoms with Gasteiger partial charge in [-0.05, 0) is 30.0 Å². The molecule has 0 aliphatic rings. The largest absolute Gasteiger partial charge is 0.324 e. The molecule has 0 saturated carbocycles. The van der Waals surface area contributed by atoms with Gasteiger partial charge in [0.1, 0.15) is 0 Å². The summed E-state index contributed by atoms with van der Waals surface area (Å²) in [5.41, 5.74) is 7.15. The molecule has 1 rings (SSSR count). The monoisotopic (exact) mass is 164 g/mol. The Labute approximate surface area is 73.8 Å². The molecule has 1 atom stereocenters. The molecule has 0 radical (unpaired) electrons. The molecule has 0 saturated heterocycles. The summed E-state index contributed by atoms with van der Waals surface area (Å²) in [4.78, 5) is 3.95. The zero-order valence-corrected chi connectivity index (χ0v) is 7.70. The van der Waals surface area contributed by atoms with Crippen LogP contribution in [0, 0.1) is 5.92 Å². The molecule has 12 heavy (non-hydrogen) atoms. The normalized spacial score (nSPS) is 13.3. The molecule has 0 spiro atoms. The fraction of sp³-hybridized carbons (Fsp3) is 0.500. The maximum Gasteiger partial charge on any atom is 0.0298 e. The first kappa shape index (κ1) is 9.20. The van der Waals surface area contributed by atoms with Gasteiger partial charge in [0.25, 0.3) is 0 Å². The molecule has 1 heterocycles. The van der Waals surface area contributed by atoms with Crippen molar-refractivity contribution in [2.24, 2.45) is 11.7 Å². The first-order valence-corrected chi connectivity index (χ1v) is 4.35. The number of nitrogens with zero attached hydrogens (tertiary/aromatic N) is 1. The molecular formula is C10H16N2. The molecule has 2 heteroatoms. The van der Waals surface area contributed by atoms with Crippen LogP contribution in [-0.2, 0) is 0 Å². The lowest BCUT2D eigenvalue weighted by molar-refractivity contribution is 0.509. The predicted molar refractivity (Wildman–Crippen MR) is 50.6 cm³/mol. The van der Waals surface area contributed by atoms with E-state index in [4.69, 9.17) is 5.73 Å². The van der Waals surface area contributed by atoms with Gasteiger partial charge < -0.3 is 5.73 Å². The molecule has 0 aliphatic carbocycles. The van der Waals surface area contributed by atoms with Gasteiger partial charge in [-0.1, -0.05) is 13.8 Å². The highest BCUT2D eigenvalue weighted by Crippen LogP contribution is 2.17. The van der Waals surface area contributed by atoms with E-state index in [0.29, 0.717) is 5.92 Å². The van der Waals surface area contributed by atoms with Crippen molar-refractivity contribution in [2.45, 2.75) is 26.3 Å². The van der Waals surface area contributed by atoms with Gasteiger partial charge in [0.2, 0.25) is 0 Å². The highest BCUT2D eigenvalue weighted by atomic mass is 14.7. The van der Waals surface area contributed by atoms with Crippen molar-refractivity contribution >= 4 is 0 Å². The van der Waals surface area contributed by atoms with E-state index in [0.717, 1.165) is 6.42 Å². The van der Waals surface area contributed by atoms with E-state index in [-0.39, 0.29) is 6.04 Å². The number of hydrogen-bond acceptors (Lipinski definition) is 2. The Morgan fingerprint density at radius 1 is 1.33 bits per heavy atom. The van der Waals surface area contributed by atoms with Crippen LogP contribution in [-0.4, -0.2) is 4.98 Å². The second-order valence-corrected chi connectivity index (χ2v) is 3.52. The van der Waals surface area contributed by atoms with Gasteiger partial charge in [-0.3, -0.25) is 4.98 Å². The van der Waals surface area contributed by atoms with Crippen molar-refractivity contribution in [1.82, 2.24) is 4.98 Å². The number of hydrogen-bond donors (Lipinski definition) is 1. The van der Waals surface area contributed by atoms with Gasteiger partial charge in [-0.15, -0.1) is 0 Å². The molecule has 1 aromatic heterocycles. The first-order chi connectivity index (χ1) is 5.70. The minimum absolute atomic E-state index is 0.160. The van der Waals surface area contributed by atoms with Crippen molar-refractivity contribution in [3.8, 4) is 0 Å². The maximum atomic E-state index is 5.97. The summed E-state index contributed by atoms with van der Waals surface area (Å²) >= 11 is 0. The quantitative estimate of drug-likeness (QED) is 0.743. The fourth-order valence-electron chi connectivity index (χ4n) is 1.25. The summed E-state index contributed by atoms with van der Waals surface area (Å²) in [6.45, 7) is 4.36. The fourth-order valence-corrected chi connectivity index (χ4v) is 1.25. The average Bonchev–Trinajstić information content (AvgIpc) is 2.05. The SMILES string of the molecule is CC(C)C[C@@H](N)c1ccncc1. The Morgan fingerprint density at radius 3 is 2.42 bits per heavy atom. The molecule has 1 aromatic rings. The molecule has 0 fully saturated rings. The van der Waals surface area contributed by atoms with Crippen LogP contribution in [0.2, 0.25) is 0 Å². The predicted octanol–water partition coefficient (Wildman–Crippen LogP) is 2.13. The number of aromatic nitrogens is 1. The van der Waals surface area contributed by atoms with Gasteiger partial charge in [0.05, 0.1) is 0 Å². The number of rotatable bonds is 3. The third kappa shape index (κ3) is 2.62. The van der Waals surface area contributed by atoms with Crippen LogP contribution in [0.1, 0.15) is 31.9 Å². The standard InChI is InChI=1S/C10H16N2/c1-8(2)7-10(11)9-3-5-12-6-4-9/h3-6,8,10H,7,11H2,1-2H3/t10-/m1/s1. The van der Waals surface area contributed by atoms with Crippen LogP contribution in [0.4, 0.5) is 0 Å². The highest BCUT2D eigenvalue weighted by Gasteiger charge is 2.06. The maximum absolute atomic E-state index is 5.97. The molecule has 0 amide bonds. The van der Waals surface area contributed by atoms with Crippen molar-refractivity contribution < 1.29 is 0 Å². The topological polar surface area (TPSA) is 38.9 Å².